The van der Waals surface area contributed by atoms with Gasteiger partial charge in [0.15, 0.2) is 0 Å². The van der Waals surface area contributed by atoms with Gasteiger partial charge in [0.05, 0.1) is 5.41 Å². The summed E-state index contributed by atoms with van der Waals surface area (Å²) in [6.45, 7) is 5.27. The molecule has 4 nitrogen and oxygen atoms in total. The number of rotatable bonds is 3. The van der Waals surface area contributed by atoms with E-state index < -0.39 is 11.5 Å². The standard InChI is InChI=1S/C12H17NO3/c1-12(2,3)11(15)16-8-10(14)9-5-4-6-13-7-9/h4-7,10,14H,8H2,1-3H3. The van der Waals surface area contributed by atoms with E-state index in [1.165, 1.54) is 0 Å². The van der Waals surface area contributed by atoms with E-state index in [4.69, 9.17) is 4.74 Å². The number of esters is 1. The van der Waals surface area contributed by atoms with E-state index >= 15 is 0 Å². The monoisotopic (exact) mass is 223 g/mol. The summed E-state index contributed by atoms with van der Waals surface area (Å²) in [7, 11) is 0. The maximum Gasteiger partial charge on any atom is 0.311 e. The quantitative estimate of drug-likeness (QED) is 0.792. The highest BCUT2D eigenvalue weighted by molar-refractivity contribution is 5.75. The van der Waals surface area contributed by atoms with Crippen molar-refractivity contribution in [1.82, 2.24) is 4.98 Å². The number of aliphatic hydroxyl groups excluding tert-OH is 1. The molecule has 1 N–H and O–H groups in total. The van der Waals surface area contributed by atoms with Crippen molar-refractivity contribution in [2.75, 3.05) is 6.61 Å². The molecular weight excluding hydrogens is 206 g/mol. The molecule has 0 aliphatic carbocycles. The van der Waals surface area contributed by atoms with Gasteiger partial charge in [-0.05, 0) is 26.8 Å². The maximum absolute atomic E-state index is 11.5. The Kier molecular flexibility index (Phi) is 4.01. The molecule has 1 rings (SSSR count). The number of carbonyl (C=O) groups excluding carboxylic acids is 1. The molecule has 1 unspecified atom stereocenters. The summed E-state index contributed by atoms with van der Waals surface area (Å²) in [5.41, 5.74) is 0.0958. The van der Waals surface area contributed by atoms with E-state index in [0.29, 0.717) is 5.56 Å². The van der Waals surface area contributed by atoms with Crippen LogP contribution < -0.4 is 0 Å². The Morgan fingerprint density at radius 3 is 2.75 bits per heavy atom. The van der Waals surface area contributed by atoms with Crippen LogP contribution in [0, 0.1) is 5.41 Å². The van der Waals surface area contributed by atoms with Crippen LogP contribution in [0.15, 0.2) is 24.5 Å². The average molecular weight is 223 g/mol. The number of aromatic nitrogens is 1. The smallest absolute Gasteiger partial charge is 0.311 e. The van der Waals surface area contributed by atoms with Gasteiger partial charge in [0, 0.05) is 18.0 Å². The summed E-state index contributed by atoms with van der Waals surface area (Å²) in [6, 6.07) is 3.47. The van der Waals surface area contributed by atoms with E-state index in [1.807, 2.05) is 0 Å². The molecule has 1 atom stereocenters. The van der Waals surface area contributed by atoms with Crippen molar-refractivity contribution in [1.29, 1.82) is 0 Å². The van der Waals surface area contributed by atoms with Crippen molar-refractivity contribution in [3.05, 3.63) is 30.1 Å². The second-order valence-electron chi connectivity index (χ2n) is 4.65. The van der Waals surface area contributed by atoms with Gasteiger partial charge in [-0.15, -0.1) is 0 Å². The molecule has 0 saturated carbocycles. The summed E-state index contributed by atoms with van der Waals surface area (Å²) in [5, 5.41) is 9.72. The molecule has 0 amide bonds. The second-order valence-corrected chi connectivity index (χ2v) is 4.65. The lowest BCUT2D eigenvalue weighted by Gasteiger charge is -2.18. The predicted octanol–water partition coefficient (Wildman–Crippen LogP) is 1.70. The third-order valence-electron chi connectivity index (χ3n) is 2.05. The molecule has 0 saturated heterocycles. The summed E-state index contributed by atoms with van der Waals surface area (Å²) in [4.78, 5) is 15.3. The average Bonchev–Trinajstić information content (AvgIpc) is 2.25. The van der Waals surface area contributed by atoms with Gasteiger partial charge in [-0.25, -0.2) is 0 Å². The van der Waals surface area contributed by atoms with Crippen molar-refractivity contribution in [3.8, 4) is 0 Å². The number of pyridine rings is 1. The molecule has 0 radical (unpaired) electrons. The van der Waals surface area contributed by atoms with Crippen LogP contribution in [-0.2, 0) is 9.53 Å². The Labute approximate surface area is 95.3 Å². The first kappa shape index (κ1) is 12.6. The van der Waals surface area contributed by atoms with Gasteiger partial charge in [-0.2, -0.15) is 0 Å². The number of carbonyl (C=O) groups is 1. The number of ether oxygens (including phenoxy) is 1. The molecule has 0 aliphatic heterocycles. The zero-order valence-corrected chi connectivity index (χ0v) is 9.80. The lowest BCUT2D eigenvalue weighted by atomic mass is 9.97. The first-order valence-electron chi connectivity index (χ1n) is 5.16. The van der Waals surface area contributed by atoms with Gasteiger partial charge in [0.2, 0.25) is 0 Å². The molecular formula is C12H17NO3. The van der Waals surface area contributed by atoms with Gasteiger partial charge < -0.3 is 9.84 Å². The van der Waals surface area contributed by atoms with E-state index in [2.05, 4.69) is 4.98 Å². The first-order valence-corrected chi connectivity index (χ1v) is 5.16. The topological polar surface area (TPSA) is 59.4 Å². The summed E-state index contributed by atoms with van der Waals surface area (Å²) in [6.07, 6.45) is 2.35. The first-order chi connectivity index (χ1) is 7.41. The summed E-state index contributed by atoms with van der Waals surface area (Å²) < 4.78 is 5.01. The molecule has 1 aromatic rings. The summed E-state index contributed by atoms with van der Waals surface area (Å²) >= 11 is 0. The van der Waals surface area contributed by atoms with E-state index in [0.717, 1.165) is 0 Å². The minimum absolute atomic E-state index is 0.0399. The Hall–Kier alpha value is -1.42. The predicted molar refractivity (Wildman–Crippen MR) is 59.6 cm³/mol. The van der Waals surface area contributed by atoms with Crippen molar-refractivity contribution < 1.29 is 14.6 Å². The van der Waals surface area contributed by atoms with Crippen molar-refractivity contribution >= 4 is 5.97 Å². The Balaban J connectivity index is 2.48. The van der Waals surface area contributed by atoms with Gasteiger partial charge in [0.1, 0.15) is 12.7 Å². The molecule has 1 heterocycles. The number of hydrogen-bond donors (Lipinski definition) is 1. The van der Waals surface area contributed by atoms with Gasteiger partial charge in [-0.3, -0.25) is 9.78 Å². The third kappa shape index (κ3) is 3.62. The molecule has 88 valence electrons. The van der Waals surface area contributed by atoms with Crippen molar-refractivity contribution in [2.45, 2.75) is 26.9 Å². The third-order valence-corrected chi connectivity index (χ3v) is 2.05. The molecule has 0 spiro atoms. The lowest BCUT2D eigenvalue weighted by Crippen LogP contribution is -2.25. The highest BCUT2D eigenvalue weighted by atomic mass is 16.5. The molecule has 0 aromatic carbocycles. The fourth-order valence-electron chi connectivity index (χ4n) is 1.04. The van der Waals surface area contributed by atoms with Crippen LogP contribution in [0.25, 0.3) is 0 Å². The van der Waals surface area contributed by atoms with E-state index in [-0.39, 0.29) is 12.6 Å². The maximum atomic E-state index is 11.5. The summed E-state index contributed by atoms with van der Waals surface area (Å²) in [5.74, 6) is -0.324. The van der Waals surface area contributed by atoms with E-state index in [9.17, 15) is 9.90 Å². The Morgan fingerprint density at radius 1 is 1.56 bits per heavy atom. The zero-order valence-electron chi connectivity index (χ0n) is 9.80. The zero-order chi connectivity index (χ0) is 12.2. The molecule has 0 aliphatic rings. The van der Waals surface area contributed by atoms with Crippen LogP contribution in [0.1, 0.15) is 32.4 Å². The molecule has 0 bridgehead atoms. The van der Waals surface area contributed by atoms with Crippen LogP contribution in [0.4, 0.5) is 0 Å². The van der Waals surface area contributed by atoms with Crippen LogP contribution in [0.3, 0.4) is 0 Å². The minimum Gasteiger partial charge on any atom is -0.462 e. The molecule has 1 aromatic heterocycles. The van der Waals surface area contributed by atoms with Gasteiger partial charge in [0.25, 0.3) is 0 Å². The fourth-order valence-corrected chi connectivity index (χ4v) is 1.04. The normalized spacial score (nSPS) is 13.2. The Bertz CT molecular complexity index is 343. The SMILES string of the molecule is CC(C)(C)C(=O)OCC(O)c1cccnc1. The lowest BCUT2D eigenvalue weighted by molar-refractivity contribution is -0.156. The largest absolute Gasteiger partial charge is 0.462 e. The van der Waals surface area contributed by atoms with Crippen LogP contribution >= 0.6 is 0 Å². The molecule has 0 fully saturated rings. The fraction of sp³-hybridized carbons (Fsp3) is 0.500. The van der Waals surface area contributed by atoms with Gasteiger partial charge in [-0.1, -0.05) is 6.07 Å². The Morgan fingerprint density at radius 2 is 2.25 bits per heavy atom. The molecule has 16 heavy (non-hydrogen) atoms. The number of hydrogen-bond acceptors (Lipinski definition) is 4. The minimum atomic E-state index is -0.819. The second kappa shape index (κ2) is 5.07. The highest BCUT2D eigenvalue weighted by Crippen LogP contribution is 2.17. The van der Waals surface area contributed by atoms with Crippen LogP contribution in [0.2, 0.25) is 0 Å². The number of aliphatic hydroxyl groups is 1. The van der Waals surface area contributed by atoms with E-state index in [1.54, 1.807) is 45.3 Å². The van der Waals surface area contributed by atoms with Crippen LogP contribution in [-0.4, -0.2) is 22.7 Å². The molecule has 4 heteroatoms. The highest BCUT2D eigenvalue weighted by Gasteiger charge is 2.24. The number of nitrogens with zero attached hydrogens (tertiary/aromatic N) is 1. The van der Waals surface area contributed by atoms with Crippen LogP contribution in [0.5, 0.6) is 0 Å². The van der Waals surface area contributed by atoms with Gasteiger partial charge >= 0.3 is 5.97 Å². The van der Waals surface area contributed by atoms with Crippen molar-refractivity contribution in [2.24, 2.45) is 5.41 Å². The van der Waals surface area contributed by atoms with Crippen molar-refractivity contribution in [3.63, 3.8) is 0 Å².